The third kappa shape index (κ3) is 1.49. The summed E-state index contributed by atoms with van der Waals surface area (Å²) in [5.41, 5.74) is 9.94. The maximum atomic E-state index is 11.3. The van der Waals surface area contributed by atoms with E-state index in [9.17, 15) is 9.90 Å². The molecule has 2 aliphatic carbocycles. The Morgan fingerprint density at radius 3 is 2.71 bits per heavy atom. The molecule has 0 aromatic heterocycles. The van der Waals surface area contributed by atoms with Gasteiger partial charge in [-0.1, -0.05) is 6.07 Å². The minimum absolute atomic E-state index is 0.108. The van der Waals surface area contributed by atoms with Crippen LogP contribution in [0.5, 0.6) is 0 Å². The van der Waals surface area contributed by atoms with Crippen LogP contribution in [0.15, 0.2) is 12.1 Å². The van der Waals surface area contributed by atoms with Crippen LogP contribution >= 0.6 is 0 Å². The number of rotatable bonds is 1. The van der Waals surface area contributed by atoms with Gasteiger partial charge in [0.15, 0.2) is 0 Å². The van der Waals surface area contributed by atoms with Crippen LogP contribution in [-0.4, -0.2) is 11.1 Å². The first-order chi connectivity index (χ1) is 8.03. The Kier molecular flexibility index (Phi) is 2.11. The standard InChI is InChI=1S/C14H17NO2/c1-8-6-9(13(16)17)12-10(7-8)14(4-5-14)3-2-11(12)15/h6-7,11H,2-5,15H2,1H3,(H,16,17). The van der Waals surface area contributed by atoms with E-state index in [0.29, 0.717) is 5.56 Å². The predicted molar refractivity (Wildman–Crippen MR) is 65.2 cm³/mol. The lowest BCUT2D eigenvalue weighted by Gasteiger charge is -2.31. The van der Waals surface area contributed by atoms with Crippen LogP contribution in [0.3, 0.4) is 0 Å². The van der Waals surface area contributed by atoms with Crippen molar-refractivity contribution in [1.82, 2.24) is 0 Å². The zero-order valence-electron chi connectivity index (χ0n) is 9.99. The van der Waals surface area contributed by atoms with Gasteiger partial charge in [0.25, 0.3) is 0 Å². The minimum Gasteiger partial charge on any atom is -0.478 e. The van der Waals surface area contributed by atoms with Crippen molar-refractivity contribution in [3.63, 3.8) is 0 Å². The summed E-state index contributed by atoms with van der Waals surface area (Å²) in [6.07, 6.45) is 4.41. The van der Waals surface area contributed by atoms with E-state index in [2.05, 4.69) is 6.07 Å². The first kappa shape index (κ1) is 10.8. The Bertz CT molecular complexity index is 503. The third-order valence-corrected chi connectivity index (χ3v) is 4.28. The molecule has 3 heteroatoms. The van der Waals surface area contributed by atoms with Crippen LogP contribution in [0.1, 0.15) is 58.8 Å². The van der Waals surface area contributed by atoms with Gasteiger partial charge >= 0.3 is 5.97 Å². The molecular formula is C14H17NO2. The Morgan fingerprint density at radius 2 is 2.12 bits per heavy atom. The fraction of sp³-hybridized carbons (Fsp3) is 0.500. The van der Waals surface area contributed by atoms with Gasteiger partial charge in [-0.3, -0.25) is 0 Å². The van der Waals surface area contributed by atoms with E-state index in [-0.39, 0.29) is 11.5 Å². The molecule has 1 atom stereocenters. The second-order valence-corrected chi connectivity index (χ2v) is 5.50. The zero-order valence-corrected chi connectivity index (χ0v) is 9.99. The second-order valence-electron chi connectivity index (χ2n) is 5.50. The summed E-state index contributed by atoms with van der Waals surface area (Å²) in [5.74, 6) is -0.849. The van der Waals surface area contributed by atoms with Gasteiger partial charge in [0.2, 0.25) is 0 Å². The van der Waals surface area contributed by atoms with Gasteiger partial charge in [0, 0.05) is 6.04 Å². The molecule has 90 valence electrons. The van der Waals surface area contributed by atoms with E-state index in [0.717, 1.165) is 24.0 Å². The highest BCUT2D eigenvalue weighted by Crippen LogP contribution is 2.57. The van der Waals surface area contributed by atoms with Crippen molar-refractivity contribution >= 4 is 5.97 Å². The molecule has 3 N–H and O–H groups in total. The van der Waals surface area contributed by atoms with Gasteiger partial charge < -0.3 is 10.8 Å². The maximum Gasteiger partial charge on any atom is 0.336 e. The summed E-state index contributed by atoms with van der Waals surface area (Å²) in [6.45, 7) is 1.96. The van der Waals surface area contributed by atoms with Crippen molar-refractivity contribution in [3.05, 3.63) is 34.4 Å². The molecule has 1 aromatic rings. The van der Waals surface area contributed by atoms with Gasteiger partial charge in [-0.15, -0.1) is 0 Å². The highest BCUT2D eigenvalue weighted by atomic mass is 16.4. The average Bonchev–Trinajstić information content (AvgIpc) is 3.04. The molecule has 1 spiro atoms. The quantitative estimate of drug-likeness (QED) is 0.780. The summed E-state index contributed by atoms with van der Waals surface area (Å²) in [7, 11) is 0. The molecule has 0 heterocycles. The van der Waals surface area contributed by atoms with Crippen molar-refractivity contribution in [2.75, 3.05) is 0 Å². The number of nitrogens with two attached hydrogens (primary N) is 1. The van der Waals surface area contributed by atoms with Gasteiger partial charge in [-0.05, 0) is 60.8 Å². The summed E-state index contributed by atoms with van der Waals surface area (Å²) in [5, 5.41) is 9.32. The number of carboxylic acids is 1. The van der Waals surface area contributed by atoms with E-state index >= 15 is 0 Å². The van der Waals surface area contributed by atoms with Crippen LogP contribution in [0.2, 0.25) is 0 Å². The highest BCUT2D eigenvalue weighted by molar-refractivity contribution is 5.90. The molecule has 0 amide bonds. The van der Waals surface area contributed by atoms with Crippen molar-refractivity contribution < 1.29 is 9.90 Å². The van der Waals surface area contributed by atoms with Crippen LogP contribution in [0, 0.1) is 6.92 Å². The van der Waals surface area contributed by atoms with Crippen molar-refractivity contribution in [1.29, 1.82) is 0 Å². The summed E-state index contributed by atoms with van der Waals surface area (Å²) in [6, 6.07) is 3.79. The molecule has 0 saturated heterocycles. The first-order valence-corrected chi connectivity index (χ1v) is 6.17. The summed E-state index contributed by atoms with van der Waals surface area (Å²) >= 11 is 0. The largest absolute Gasteiger partial charge is 0.478 e. The lowest BCUT2D eigenvalue weighted by Crippen LogP contribution is -2.27. The lowest BCUT2D eigenvalue weighted by atomic mass is 9.75. The minimum atomic E-state index is -0.849. The van der Waals surface area contributed by atoms with Crippen molar-refractivity contribution in [2.45, 2.75) is 44.1 Å². The fourth-order valence-corrected chi connectivity index (χ4v) is 3.19. The van der Waals surface area contributed by atoms with Crippen molar-refractivity contribution in [2.24, 2.45) is 5.73 Å². The fourth-order valence-electron chi connectivity index (χ4n) is 3.19. The number of benzene rings is 1. The molecule has 0 aliphatic heterocycles. The van der Waals surface area contributed by atoms with E-state index in [1.54, 1.807) is 6.07 Å². The molecule has 1 saturated carbocycles. The molecule has 0 bridgehead atoms. The molecule has 1 fully saturated rings. The maximum absolute atomic E-state index is 11.3. The van der Waals surface area contributed by atoms with E-state index in [1.807, 2.05) is 6.92 Å². The number of aromatic carboxylic acids is 1. The number of hydrogen-bond donors (Lipinski definition) is 2. The van der Waals surface area contributed by atoms with Crippen LogP contribution in [0.25, 0.3) is 0 Å². The van der Waals surface area contributed by atoms with Gasteiger partial charge in [0.05, 0.1) is 5.56 Å². The Balaban J connectivity index is 2.26. The summed E-state index contributed by atoms with van der Waals surface area (Å²) in [4.78, 5) is 11.3. The Labute approximate surface area is 101 Å². The number of aryl methyl sites for hydroxylation is 1. The normalized spacial score (nSPS) is 24.5. The lowest BCUT2D eigenvalue weighted by molar-refractivity contribution is 0.0694. The van der Waals surface area contributed by atoms with Crippen molar-refractivity contribution in [3.8, 4) is 0 Å². The smallest absolute Gasteiger partial charge is 0.336 e. The molecular weight excluding hydrogens is 214 g/mol. The van der Waals surface area contributed by atoms with Gasteiger partial charge in [0.1, 0.15) is 0 Å². The van der Waals surface area contributed by atoms with E-state index in [4.69, 9.17) is 5.73 Å². The Hall–Kier alpha value is -1.35. The number of fused-ring (bicyclic) bond motifs is 2. The molecule has 0 radical (unpaired) electrons. The van der Waals surface area contributed by atoms with E-state index < -0.39 is 5.97 Å². The number of carboxylic acid groups (broad SMARTS) is 1. The predicted octanol–water partition coefficient (Wildman–Crippen LogP) is 2.52. The van der Waals surface area contributed by atoms with Gasteiger partial charge in [-0.2, -0.15) is 0 Å². The molecule has 1 aromatic carbocycles. The van der Waals surface area contributed by atoms with Crippen LogP contribution < -0.4 is 5.73 Å². The topological polar surface area (TPSA) is 63.3 Å². The van der Waals surface area contributed by atoms with Crippen LogP contribution in [0.4, 0.5) is 0 Å². The molecule has 17 heavy (non-hydrogen) atoms. The average molecular weight is 231 g/mol. The summed E-state index contributed by atoms with van der Waals surface area (Å²) < 4.78 is 0. The second kappa shape index (κ2) is 3.33. The highest BCUT2D eigenvalue weighted by Gasteiger charge is 2.49. The zero-order chi connectivity index (χ0) is 12.2. The SMILES string of the molecule is Cc1cc(C(=O)O)c2c(c1)C1(CCC2N)CC1. The van der Waals surface area contributed by atoms with Gasteiger partial charge in [-0.25, -0.2) is 4.79 Å². The molecule has 3 rings (SSSR count). The number of carbonyl (C=O) groups is 1. The third-order valence-electron chi connectivity index (χ3n) is 4.28. The van der Waals surface area contributed by atoms with Crippen LogP contribution in [-0.2, 0) is 5.41 Å². The molecule has 1 unspecified atom stereocenters. The molecule has 2 aliphatic rings. The molecule has 3 nitrogen and oxygen atoms in total. The Morgan fingerprint density at radius 1 is 1.41 bits per heavy atom. The van der Waals surface area contributed by atoms with E-state index in [1.165, 1.54) is 18.4 Å². The first-order valence-electron chi connectivity index (χ1n) is 6.17. The number of hydrogen-bond acceptors (Lipinski definition) is 2. The monoisotopic (exact) mass is 231 g/mol.